The fourth-order valence-electron chi connectivity index (χ4n) is 5.36. The minimum atomic E-state index is -0.767. The van der Waals surface area contributed by atoms with Crippen molar-refractivity contribution in [2.24, 2.45) is 0 Å². The van der Waals surface area contributed by atoms with Crippen molar-refractivity contribution >= 4 is 17.1 Å². The van der Waals surface area contributed by atoms with Gasteiger partial charge in [0.25, 0.3) is 5.91 Å². The van der Waals surface area contributed by atoms with Crippen LogP contribution in [0.5, 0.6) is 0 Å². The Bertz CT molecular complexity index is 1630. The molecule has 3 aliphatic rings. The molecule has 2 atom stereocenters. The fraction of sp³-hybridized carbons (Fsp3) is 0.448. The van der Waals surface area contributed by atoms with Gasteiger partial charge in [-0.15, -0.1) is 0 Å². The van der Waals surface area contributed by atoms with Crippen LogP contribution in [0.3, 0.4) is 0 Å². The lowest BCUT2D eigenvalue weighted by atomic mass is 9.92. The second kappa shape index (κ2) is 9.65. The molecule has 2 saturated carbocycles. The van der Waals surface area contributed by atoms with E-state index >= 15 is 4.39 Å². The maximum Gasteiger partial charge on any atom is 0.273 e. The van der Waals surface area contributed by atoms with E-state index < -0.39 is 11.6 Å². The van der Waals surface area contributed by atoms with Crippen molar-refractivity contribution in [1.82, 2.24) is 34.6 Å². The zero-order valence-corrected chi connectivity index (χ0v) is 22.3. The van der Waals surface area contributed by atoms with Gasteiger partial charge < -0.3 is 9.64 Å². The number of fused-ring (bicyclic) bond motifs is 1. The van der Waals surface area contributed by atoms with E-state index in [1.807, 2.05) is 10.9 Å². The molecule has 4 heterocycles. The third kappa shape index (κ3) is 4.61. The second-order valence-electron chi connectivity index (χ2n) is 11.2. The summed E-state index contributed by atoms with van der Waals surface area (Å²) in [6.45, 7) is 0.515. The molecule has 206 valence electrons. The fourth-order valence-corrected chi connectivity index (χ4v) is 5.36. The molecular weight excluding hydrogens is 516 g/mol. The first-order chi connectivity index (χ1) is 19.4. The van der Waals surface area contributed by atoms with Crippen molar-refractivity contribution < 1.29 is 18.3 Å². The average Bonchev–Trinajstić information content (AvgIpc) is 3.90. The van der Waals surface area contributed by atoms with Crippen LogP contribution in [0.2, 0.25) is 0 Å². The van der Waals surface area contributed by atoms with Crippen LogP contribution in [-0.4, -0.2) is 61.2 Å². The Labute approximate surface area is 229 Å². The van der Waals surface area contributed by atoms with Crippen molar-refractivity contribution in [3.05, 3.63) is 65.0 Å². The summed E-state index contributed by atoms with van der Waals surface area (Å²) in [5.41, 5.74) is 2.66. The van der Waals surface area contributed by atoms with Gasteiger partial charge in [-0.05, 0) is 50.7 Å². The molecule has 7 rings (SSSR count). The van der Waals surface area contributed by atoms with Crippen LogP contribution in [0.25, 0.3) is 22.4 Å². The van der Waals surface area contributed by atoms with Crippen molar-refractivity contribution in [3.8, 4) is 11.3 Å². The Balaban J connectivity index is 1.34. The largest absolute Gasteiger partial charge is 0.373 e. The molecule has 1 aromatic carbocycles. The van der Waals surface area contributed by atoms with Crippen LogP contribution in [0.1, 0.15) is 90.1 Å². The van der Waals surface area contributed by atoms with Gasteiger partial charge in [0.05, 0.1) is 24.0 Å². The van der Waals surface area contributed by atoms with Gasteiger partial charge in [-0.25, -0.2) is 28.7 Å². The SMILES string of the molecule is CN(C)C(=O)c1nc2c(-c3ccc(F)cc3F)nc([C@H]3CCO[C@H](c4cnn(C5CC5)c4)C3)nc2nc1C1CC1. The van der Waals surface area contributed by atoms with E-state index in [9.17, 15) is 9.18 Å². The van der Waals surface area contributed by atoms with Crippen molar-refractivity contribution in [2.45, 2.75) is 62.5 Å². The van der Waals surface area contributed by atoms with Gasteiger partial charge in [-0.3, -0.25) is 9.48 Å². The Morgan fingerprint density at radius 3 is 2.58 bits per heavy atom. The summed E-state index contributed by atoms with van der Waals surface area (Å²) in [6.07, 6.45) is 9.21. The number of hydrogen-bond acceptors (Lipinski definition) is 7. The first kappa shape index (κ1) is 25.1. The molecule has 1 saturated heterocycles. The van der Waals surface area contributed by atoms with Gasteiger partial charge in [0.2, 0.25) is 0 Å². The summed E-state index contributed by atoms with van der Waals surface area (Å²) < 4.78 is 37.1. The molecule has 40 heavy (non-hydrogen) atoms. The highest BCUT2D eigenvalue weighted by Gasteiger charge is 2.34. The summed E-state index contributed by atoms with van der Waals surface area (Å²) in [4.78, 5) is 33.7. The number of carbonyl (C=O) groups is 1. The van der Waals surface area contributed by atoms with Crippen LogP contribution in [0, 0.1) is 11.6 Å². The third-order valence-corrected chi connectivity index (χ3v) is 7.90. The standard InChI is InChI=1S/C29H29F2N7O2/c1-37(2)29(39)26-23(15-3-4-15)34-28-25(33-26)24(20-8-5-18(30)12-21(20)31)35-27(36-28)16-9-10-40-22(11-16)17-13-32-38(14-17)19-6-7-19/h5,8,12-16,19,22H,3-4,6-7,9-11H2,1-2H3/t16-,22-/m0/s1. The van der Waals surface area contributed by atoms with Gasteiger partial charge in [0.1, 0.15) is 28.7 Å². The Kier molecular flexibility index (Phi) is 6.06. The van der Waals surface area contributed by atoms with Crippen molar-refractivity contribution in [2.75, 3.05) is 20.7 Å². The number of carbonyl (C=O) groups excluding carboxylic acids is 1. The van der Waals surface area contributed by atoms with E-state index in [0.717, 1.165) is 37.3 Å². The van der Waals surface area contributed by atoms with Crippen LogP contribution < -0.4 is 0 Å². The summed E-state index contributed by atoms with van der Waals surface area (Å²) >= 11 is 0. The second-order valence-corrected chi connectivity index (χ2v) is 11.2. The normalized spacial score (nSPS) is 21.1. The smallest absolute Gasteiger partial charge is 0.273 e. The number of ether oxygens (including phenoxy) is 1. The number of halogens is 2. The van der Waals surface area contributed by atoms with Crippen LogP contribution in [0.15, 0.2) is 30.6 Å². The minimum Gasteiger partial charge on any atom is -0.373 e. The van der Waals surface area contributed by atoms with Gasteiger partial charge in [0.15, 0.2) is 11.3 Å². The van der Waals surface area contributed by atoms with E-state index in [-0.39, 0.29) is 46.3 Å². The lowest BCUT2D eigenvalue weighted by molar-refractivity contribution is 0.00396. The molecule has 3 aromatic heterocycles. The molecule has 3 fully saturated rings. The molecule has 0 unspecified atom stereocenters. The van der Waals surface area contributed by atoms with E-state index in [0.29, 0.717) is 42.7 Å². The zero-order chi connectivity index (χ0) is 27.5. The molecule has 1 amide bonds. The molecule has 0 bridgehead atoms. The maximum absolute atomic E-state index is 15.1. The predicted octanol–water partition coefficient (Wildman–Crippen LogP) is 5.11. The number of amides is 1. The van der Waals surface area contributed by atoms with Crippen LogP contribution in [-0.2, 0) is 4.74 Å². The molecule has 0 N–H and O–H groups in total. The Morgan fingerprint density at radius 1 is 1.02 bits per heavy atom. The summed E-state index contributed by atoms with van der Waals surface area (Å²) in [5, 5.41) is 4.51. The van der Waals surface area contributed by atoms with Crippen LogP contribution in [0.4, 0.5) is 8.78 Å². The molecule has 0 radical (unpaired) electrons. The highest BCUT2D eigenvalue weighted by atomic mass is 19.1. The van der Waals surface area contributed by atoms with Crippen molar-refractivity contribution in [3.63, 3.8) is 0 Å². The number of rotatable bonds is 6. The monoisotopic (exact) mass is 545 g/mol. The number of aromatic nitrogens is 6. The first-order valence-electron chi connectivity index (χ1n) is 13.8. The molecule has 0 spiro atoms. The summed E-state index contributed by atoms with van der Waals surface area (Å²) in [7, 11) is 3.31. The quantitative estimate of drug-likeness (QED) is 0.332. The van der Waals surface area contributed by atoms with E-state index in [1.54, 1.807) is 14.1 Å². The van der Waals surface area contributed by atoms with Gasteiger partial charge in [0, 0.05) is 55.9 Å². The zero-order valence-electron chi connectivity index (χ0n) is 22.3. The molecule has 2 aliphatic carbocycles. The van der Waals surface area contributed by atoms with Gasteiger partial charge >= 0.3 is 0 Å². The summed E-state index contributed by atoms with van der Waals surface area (Å²) in [5.74, 6) is -1.18. The number of nitrogens with zero attached hydrogens (tertiary/aromatic N) is 7. The van der Waals surface area contributed by atoms with E-state index in [2.05, 4.69) is 11.3 Å². The molecule has 1 aliphatic heterocycles. The van der Waals surface area contributed by atoms with E-state index in [4.69, 9.17) is 24.7 Å². The minimum absolute atomic E-state index is 0.0797. The Hall–Kier alpha value is -3.86. The summed E-state index contributed by atoms with van der Waals surface area (Å²) in [6, 6.07) is 3.84. The highest BCUT2D eigenvalue weighted by Crippen LogP contribution is 2.43. The lowest BCUT2D eigenvalue weighted by Gasteiger charge is -2.28. The van der Waals surface area contributed by atoms with Crippen molar-refractivity contribution in [1.29, 1.82) is 0 Å². The topological polar surface area (TPSA) is 98.9 Å². The molecule has 9 nitrogen and oxygen atoms in total. The van der Waals surface area contributed by atoms with Gasteiger partial charge in [-0.1, -0.05) is 0 Å². The third-order valence-electron chi connectivity index (χ3n) is 7.90. The van der Waals surface area contributed by atoms with Crippen LogP contribution >= 0.6 is 0 Å². The maximum atomic E-state index is 15.1. The number of hydrogen-bond donors (Lipinski definition) is 0. The van der Waals surface area contributed by atoms with E-state index in [1.165, 1.54) is 17.0 Å². The molecule has 11 heteroatoms. The Morgan fingerprint density at radius 2 is 1.85 bits per heavy atom. The lowest BCUT2D eigenvalue weighted by Crippen LogP contribution is -2.25. The average molecular weight is 546 g/mol. The first-order valence-corrected chi connectivity index (χ1v) is 13.8. The predicted molar refractivity (Wildman–Crippen MR) is 142 cm³/mol. The molecule has 4 aromatic rings. The van der Waals surface area contributed by atoms with Gasteiger partial charge in [-0.2, -0.15) is 5.10 Å². The number of benzene rings is 1. The highest BCUT2D eigenvalue weighted by molar-refractivity contribution is 5.97. The molecular formula is C29H29F2N7O2.